The van der Waals surface area contributed by atoms with E-state index >= 15 is 0 Å². The molecule has 0 aliphatic heterocycles. The molecule has 0 radical (unpaired) electrons. The average molecular weight is 469 g/mol. The summed E-state index contributed by atoms with van der Waals surface area (Å²) in [4.78, 5) is 16.5. The van der Waals surface area contributed by atoms with Crippen molar-refractivity contribution in [1.82, 2.24) is 15.2 Å². The number of para-hydroxylation sites is 1. The largest absolute Gasteiger partial charge is 0.494 e. The lowest BCUT2D eigenvalue weighted by Gasteiger charge is -2.13. The summed E-state index contributed by atoms with van der Waals surface area (Å²) in [5.41, 5.74) is 3.00. The van der Waals surface area contributed by atoms with E-state index in [9.17, 15) is 4.79 Å². The minimum absolute atomic E-state index is 0.241. The van der Waals surface area contributed by atoms with Crippen molar-refractivity contribution >= 4 is 46.3 Å². The van der Waals surface area contributed by atoms with E-state index in [4.69, 9.17) is 16.3 Å². The Morgan fingerprint density at radius 2 is 1.87 bits per heavy atom. The SMILES string of the molecule is COc1c(NC(=O)c2ccncc2)cccc1-c1nnc(SCc2ccc(Cl)cc2)s1. The van der Waals surface area contributed by atoms with Gasteiger partial charge in [0.05, 0.1) is 18.4 Å². The Morgan fingerprint density at radius 3 is 2.61 bits per heavy atom. The smallest absolute Gasteiger partial charge is 0.255 e. The number of halogens is 1. The molecule has 1 amide bonds. The summed E-state index contributed by atoms with van der Waals surface area (Å²) in [6.07, 6.45) is 3.15. The number of hydrogen-bond donors (Lipinski definition) is 1. The first-order chi connectivity index (χ1) is 15.1. The van der Waals surface area contributed by atoms with Gasteiger partial charge in [0.15, 0.2) is 15.1 Å². The molecule has 0 unspecified atom stereocenters. The number of nitrogens with one attached hydrogen (secondary N) is 1. The van der Waals surface area contributed by atoms with E-state index in [2.05, 4.69) is 20.5 Å². The van der Waals surface area contributed by atoms with Gasteiger partial charge in [-0.2, -0.15) is 0 Å². The number of ether oxygens (including phenoxy) is 1. The van der Waals surface area contributed by atoms with E-state index in [1.807, 2.05) is 36.4 Å². The Bertz CT molecular complexity index is 1180. The summed E-state index contributed by atoms with van der Waals surface area (Å²) in [6, 6.07) is 16.6. The first-order valence-electron chi connectivity index (χ1n) is 9.23. The summed E-state index contributed by atoms with van der Waals surface area (Å²) in [5, 5.41) is 13.0. The fraction of sp³-hybridized carbons (Fsp3) is 0.0909. The second-order valence-corrected chi connectivity index (χ2v) is 9.00. The van der Waals surface area contributed by atoms with Crippen LogP contribution in [-0.4, -0.2) is 28.2 Å². The Hall–Kier alpha value is -2.94. The van der Waals surface area contributed by atoms with E-state index in [0.717, 1.165) is 31.2 Å². The number of pyridine rings is 1. The Kier molecular flexibility index (Phi) is 6.81. The summed E-state index contributed by atoms with van der Waals surface area (Å²) in [5.74, 6) is 1.06. The highest BCUT2D eigenvalue weighted by Gasteiger charge is 2.17. The van der Waals surface area contributed by atoms with Crippen LogP contribution >= 0.6 is 34.7 Å². The van der Waals surface area contributed by atoms with E-state index in [0.29, 0.717) is 17.0 Å². The van der Waals surface area contributed by atoms with Crippen molar-refractivity contribution in [3.8, 4) is 16.3 Å². The summed E-state index contributed by atoms with van der Waals surface area (Å²) in [6.45, 7) is 0. The number of carbonyl (C=O) groups excluding carboxylic acids is 1. The lowest BCUT2D eigenvalue weighted by molar-refractivity contribution is 0.102. The Labute approximate surface area is 192 Å². The Balaban J connectivity index is 1.52. The predicted molar refractivity (Wildman–Crippen MR) is 125 cm³/mol. The number of methoxy groups -OCH3 is 1. The number of aromatic nitrogens is 3. The number of rotatable bonds is 7. The molecule has 0 fully saturated rings. The molecule has 0 aliphatic carbocycles. The molecule has 9 heteroatoms. The average Bonchev–Trinajstić information content (AvgIpc) is 3.28. The van der Waals surface area contributed by atoms with E-state index in [1.54, 1.807) is 49.5 Å². The molecular weight excluding hydrogens is 452 g/mol. The Morgan fingerprint density at radius 1 is 1.10 bits per heavy atom. The van der Waals surface area contributed by atoms with Gasteiger partial charge < -0.3 is 10.1 Å². The molecule has 0 atom stereocenters. The third kappa shape index (κ3) is 5.22. The molecule has 0 bridgehead atoms. The van der Waals surface area contributed by atoms with Crippen molar-refractivity contribution in [3.63, 3.8) is 0 Å². The van der Waals surface area contributed by atoms with Crippen molar-refractivity contribution in [1.29, 1.82) is 0 Å². The van der Waals surface area contributed by atoms with E-state index < -0.39 is 0 Å². The molecule has 0 aliphatic rings. The molecule has 1 N–H and O–H groups in total. The standard InChI is InChI=1S/C22H17ClN4O2S2/c1-29-19-17(3-2-4-18(19)25-20(28)15-9-11-24-12-10-15)21-26-27-22(31-21)30-13-14-5-7-16(23)8-6-14/h2-12H,13H2,1H3,(H,25,28). The zero-order chi connectivity index (χ0) is 21.6. The molecule has 2 heterocycles. The van der Waals surface area contributed by atoms with Gasteiger partial charge in [0.25, 0.3) is 5.91 Å². The quantitative estimate of drug-likeness (QED) is 0.345. The van der Waals surface area contributed by atoms with Crippen LogP contribution in [0.5, 0.6) is 5.75 Å². The molecule has 31 heavy (non-hydrogen) atoms. The maximum absolute atomic E-state index is 12.5. The van der Waals surface area contributed by atoms with Gasteiger partial charge in [-0.05, 0) is 42.0 Å². The third-order valence-electron chi connectivity index (χ3n) is 4.32. The zero-order valence-electron chi connectivity index (χ0n) is 16.4. The van der Waals surface area contributed by atoms with Crippen LogP contribution in [0.1, 0.15) is 15.9 Å². The normalized spacial score (nSPS) is 10.6. The van der Waals surface area contributed by atoms with Crippen LogP contribution in [0, 0.1) is 0 Å². The molecule has 2 aromatic heterocycles. The van der Waals surface area contributed by atoms with Gasteiger partial charge in [-0.25, -0.2) is 0 Å². The second-order valence-electron chi connectivity index (χ2n) is 6.36. The van der Waals surface area contributed by atoms with Crippen molar-refractivity contribution in [2.75, 3.05) is 12.4 Å². The molecular formula is C22H17ClN4O2S2. The third-order valence-corrected chi connectivity index (χ3v) is 6.74. The molecule has 0 saturated carbocycles. The van der Waals surface area contributed by atoms with Crippen molar-refractivity contribution in [2.24, 2.45) is 0 Å². The van der Waals surface area contributed by atoms with Crippen LogP contribution in [-0.2, 0) is 5.75 Å². The fourth-order valence-corrected chi connectivity index (χ4v) is 4.78. The fourth-order valence-electron chi connectivity index (χ4n) is 2.82. The van der Waals surface area contributed by atoms with Crippen LogP contribution in [0.2, 0.25) is 5.02 Å². The van der Waals surface area contributed by atoms with E-state index in [1.165, 1.54) is 11.3 Å². The van der Waals surface area contributed by atoms with Crippen LogP contribution in [0.3, 0.4) is 0 Å². The second kappa shape index (κ2) is 9.91. The van der Waals surface area contributed by atoms with Gasteiger partial charge in [-0.1, -0.05) is 52.9 Å². The highest BCUT2D eigenvalue weighted by molar-refractivity contribution is 8.00. The number of amides is 1. The first kappa shape index (κ1) is 21.3. The van der Waals surface area contributed by atoms with Crippen LogP contribution < -0.4 is 10.1 Å². The van der Waals surface area contributed by atoms with Gasteiger partial charge in [0, 0.05) is 28.7 Å². The summed E-state index contributed by atoms with van der Waals surface area (Å²) in [7, 11) is 1.57. The van der Waals surface area contributed by atoms with Crippen molar-refractivity contribution < 1.29 is 9.53 Å². The number of nitrogens with zero attached hydrogens (tertiary/aromatic N) is 3. The lowest BCUT2D eigenvalue weighted by atomic mass is 10.1. The number of thioether (sulfide) groups is 1. The maximum atomic E-state index is 12.5. The predicted octanol–water partition coefficient (Wildman–Crippen LogP) is 5.81. The van der Waals surface area contributed by atoms with Crippen molar-refractivity contribution in [2.45, 2.75) is 10.1 Å². The number of hydrogen-bond acceptors (Lipinski definition) is 7. The summed E-state index contributed by atoms with van der Waals surface area (Å²) >= 11 is 9.02. The van der Waals surface area contributed by atoms with Crippen LogP contribution in [0.4, 0.5) is 5.69 Å². The molecule has 6 nitrogen and oxygen atoms in total. The molecule has 156 valence electrons. The minimum atomic E-state index is -0.241. The number of anilines is 1. The van der Waals surface area contributed by atoms with Gasteiger partial charge in [0.1, 0.15) is 0 Å². The molecule has 0 spiro atoms. The van der Waals surface area contributed by atoms with Crippen LogP contribution in [0.25, 0.3) is 10.6 Å². The number of benzene rings is 2. The highest BCUT2D eigenvalue weighted by Crippen LogP contribution is 2.39. The monoisotopic (exact) mass is 468 g/mol. The highest BCUT2D eigenvalue weighted by atomic mass is 35.5. The van der Waals surface area contributed by atoms with Crippen molar-refractivity contribution in [3.05, 3.63) is 83.1 Å². The van der Waals surface area contributed by atoms with Gasteiger partial charge in [-0.3, -0.25) is 9.78 Å². The molecule has 4 rings (SSSR count). The lowest BCUT2D eigenvalue weighted by Crippen LogP contribution is -2.12. The maximum Gasteiger partial charge on any atom is 0.255 e. The van der Waals surface area contributed by atoms with Crippen LogP contribution in [0.15, 0.2) is 71.3 Å². The summed E-state index contributed by atoms with van der Waals surface area (Å²) < 4.78 is 6.46. The minimum Gasteiger partial charge on any atom is -0.494 e. The molecule has 4 aromatic rings. The number of carbonyl (C=O) groups is 1. The van der Waals surface area contributed by atoms with Gasteiger partial charge in [-0.15, -0.1) is 10.2 Å². The van der Waals surface area contributed by atoms with Gasteiger partial charge in [0.2, 0.25) is 0 Å². The van der Waals surface area contributed by atoms with E-state index in [-0.39, 0.29) is 5.91 Å². The molecule has 2 aromatic carbocycles. The zero-order valence-corrected chi connectivity index (χ0v) is 18.8. The first-order valence-corrected chi connectivity index (χ1v) is 11.4. The van der Waals surface area contributed by atoms with Gasteiger partial charge >= 0.3 is 0 Å². The molecule has 0 saturated heterocycles. The topological polar surface area (TPSA) is 77.0 Å².